The molecular weight excluding hydrogens is 350 g/mol. The Morgan fingerprint density at radius 1 is 1.00 bits per heavy atom. The van der Waals surface area contributed by atoms with Crippen molar-refractivity contribution in [2.24, 2.45) is 0 Å². The van der Waals surface area contributed by atoms with Gasteiger partial charge in [-0.2, -0.15) is 5.10 Å². The maximum Gasteiger partial charge on any atom is 0.253 e. The summed E-state index contributed by atoms with van der Waals surface area (Å²) in [4.78, 5) is 21.1. The highest BCUT2D eigenvalue weighted by atomic mass is 16.1. The van der Waals surface area contributed by atoms with Crippen LogP contribution in [-0.2, 0) is 6.42 Å². The van der Waals surface area contributed by atoms with Gasteiger partial charge in [0.2, 0.25) is 0 Å². The van der Waals surface area contributed by atoms with Crippen molar-refractivity contribution in [1.29, 1.82) is 0 Å². The smallest absolute Gasteiger partial charge is 0.253 e. The first-order valence-electron chi connectivity index (χ1n) is 9.04. The third-order valence-corrected chi connectivity index (χ3v) is 4.40. The second-order valence-corrected chi connectivity index (χ2v) is 6.28. The van der Waals surface area contributed by atoms with E-state index < -0.39 is 0 Å². The molecule has 0 saturated carbocycles. The zero-order chi connectivity index (χ0) is 19.2. The topological polar surface area (TPSA) is 83.6 Å². The second-order valence-electron chi connectivity index (χ2n) is 6.28. The lowest BCUT2D eigenvalue weighted by Crippen LogP contribution is -2.26. The van der Waals surface area contributed by atoms with Crippen LogP contribution in [0, 0.1) is 0 Å². The van der Waals surface area contributed by atoms with Gasteiger partial charge in [0.15, 0.2) is 0 Å². The van der Waals surface area contributed by atoms with Gasteiger partial charge in [0.05, 0.1) is 17.0 Å². The molecule has 1 amide bonds. The Labute approximate surface area is 162 Å². The minimum atomic E-state index is -0.178. The highest BCUT2D eigenvalue weighted by Gasteiger charge is 2.15. The predicted octanol–water partition coefficient (Wildman–Crippen LogP) is 3.51. The molecule has 2 N–H and O–H groups in total. The number of hydrogen-bond acceptors (Lipinski definition) is 4. The number of benzene rings is 1. The number of hydrogen-bond donors (Lipinski definition) is 2. The Morgan fingerprint density at radius 3 is 2.68 bits per heavy atom. The predicted molar refractivity (Wildman–Crippen MR) is 108 cm³/mol. The van der Waals surface area contributed by atoms with Gasteiger partial charge in [-0.25, -0.2) is 0 Å². The molecule has 6 nitrogen and oxygen atoms in total. The fourth-order valence-electron chi connectivity index (χ4n) is 2.97. The first-order chi connectivity index (χ1) is 13.8. The van der Waals surface area contributed by atoms with E-state index in [1.165, 1.54) is 0 Å². The van der Waals surface area contributed by atoms with Gasteiger partial charge in [0.25, 0.3) is 5.91 Å². The van der Waals surface area contributed by atoms with Gasteiger partial charge in [-0.05, 0) is 29.8 Å². The Kier molecular flexibility index (Phi) is 5.20. The lowest BCUT2D eigenvalue weighted by atomic mass is 10.1. The molecule has 3 heterocycles. The van der Waals surface area contributed by atoms with Gasteiger partial charge in [0, 0.05) is 42.8 Å². The number of aromatic nitrogens is 4. The van der Waals surface area contributed by atoms with Crippen molar-refractivity contribution in [2.75, 3.05) is 6.54 Å². The molecule has 0 bridgehead atoms. The normalized spacial score (nSPS) is 10.6. The van der Waals surface area contributed by atoms with Crippen LogP contribution in [0.5, 0.6) is 0 Å². The van der Waals surface area contributed by atoms with Crippen LogP contribution in [0.25, 0.3) is 22.5 Å². The van der Waals surface area contributed by atoms with Crippen molar-refractivity contribution >= 4 is 5.91 Å². The van der Waals surface area contributed by atoms with Crippen molar-refractivity contribution in [1.82, 2.24) is 25.5 Å². The molecule has 1 aromatic carbocycles. The minimum Gasteiger partial charge on any atom is -0.352 e. The van der Waals surface area contributed by atoms with Gasteiger partial charge in [-0.1, -0.05) is 36.4 Å². The van der Waals surface area contributed by atoms with Crippen LogP contribution in [0.1, 0.15) is 16.1 Å². The third-order valence-electron chi connectivity index (χ3n) is 4.40. The molecule has 0 fully saturated rings. The summed E-state index contributed by atoms with van der Waals surface area (Å²) in [5.74, 6) is -0.178. The largest absolute Gasteiger partial charge is 0.352 e. The number of aromatic amines is 1. The van der Waals surface area contributed by atoms with Crippen LogP contribution in [0.4, 0.5) is 0 Å². The van der Waals surface area contributed by atoms with Gasteiger partial charge in [-0.15, -0.1) is 0 Å². The first-order valence-corrected chi connectivity index (χ1v) is 9.04. The molecule has 0 atom stereocenters. The van der Waals surface area contributed by atoms with Gasteiger partial charge >= 0.3 is 0 Å². The van der Waals surface area contributed by atoms with Gasteiger partial charge < -0.3 is 5.32 Å². The molecule has 6 heteroatoms. The molecule has 0 aliphatic carbocycles. The third kappa shape index (κ3) is 3.96. The van der Waals surface area contributed by atoms with Gasteiger partial charge in [0.1, 0.15) is 0 Å². The average molecular weight is 369 g/mol. The van der Waals surface area contributed by atoms with Crippen molar-refractivity contribution < 1.29 is 4.79 Å². The maximum absolute atomic E-state index is 12.7. The first kappa shape index (κ1) is 17.6. The Balaban J connectivity index is 1.51. The Hall–Kier alpha value is -3.80. The van der Waals surface area contributed by atoms with Crippen molar-refractivity contribution in [3.63, 3.8) is 0 Å². The molecule has 4 rings (SSSR count). The van der Waals surface area contributed by atoms with E-state index in [4.69, 9.17) is 0 Å². The van der Waals surface area contributed by atoms with Crippen LogP contribution in [0.2, 0.25) is 0 Å². The summed E-state index contributed by atoms with van der Waals surface area (Å²) in [5, 5.41) is 10.4. The molecule has 138 valence electrons. The second kappa shape index (κ2) is 8.26. The number of carbonyl (C=O) groups excluding carboxylic acids is 1. The molecule has 0 spiro atoms. The van der Waals surface area contributed by atoms with E-state index in [-0.39, 0.29) is 5.91 Å². The van der Waals surface area contributed by atoms with E-state index in [0.29, 0.717) is 24.2 Å². The van der Waals surface area contributed by atoms with E-state index in [9.17, 15) is 4.79 Å². The van der Waals surface area contributed by atoms with Crippen LogP contribution in [-0.4, -0.2) is 32.6 Å². The number of nitrogens with one attached hydrogen (secondary N) is 2. The van der Waals surface area contributed by atoms with Crippen molar-refractivity contribution in [3.05, 3.63) is 90.5 Å². The molecule has 0 unspecified atom stereocenters. The van der Waals surface area contributed by atoms with E-state index >= 15 is 0 Å². The Bertz CT molecular complexity index is 1060. The van der Waals surface area contributed by atoms with Crippen LogP contribution >= 0.6 is 0 Å². The average Bonchev–Trinajstić information content (AvgIpc) is 3.25. The lowest BCUT2D eigenvalue weighted by Gasteiger charge is -2.08. The van der Waals surface area contributed by atoms with Gasteiger partial charge in [-0.3, -0.25) is 19.9 Å². The Morgan fingerprint density at radius 2 is 1.86 bits per heavy atom. The summed E-state index contributed by atoms with van der Waals surface area (Å²) in [7, 11) is 0. The summed E-state index contributed by atoms with van der Waals surface area (Å²) in [6.07, 6.45) is 5.65. The summed E-state index contributed by atoms with van der Waals surface area (Å²) in [6, 6.07) is 19.4. The maximum atomic E-state index is 12.7. The minimum absolute atomic E-state index is 0.178. The highest BCUT2D eigenvalue weighted by Crippen LogP contribution is 2.25. The molecule has 3 aromatic heterocycles. The van der Waals surface area contributed by atoms with Crippen LogP contribution in [0.15, 0.2) is 79.3 Å². The molecular formula is C22H19N5O. The summed E-state index contributed by atoms with van der Waals surface area (Å²) in [6.45, 7) is 0.500. The van der Waals surface area contributed by atoms with E-state index in [2.05, 4.69) is 25.5 Å². The van der Waals surface area contributed by atoms with E-state index in [0.717, 1.165) is 22.5 Å². The fraction of sp³-hybridized carbons (Fsp3) is 0.0909. The van der Waals surface area contributed by atoms with Crippen LogP contribution in [0.3, 0.4) is 0 Å². The number of nitrogens with zero attached hydrogens (tertiary/aromatic N) is 3. The number of H-pyrrole nitrogens is 1. The fourth-order valence-corrected chi connectivity index (χ4v) is 2.97. The molecule has 0 radical (unpaired) electrons. The summed E-state index contributed by atoms with van der Waals surface area (Å²) in [5.41, 5.74) is 4.81. The molecule has 0 aliphatic heterocycles. The van der Waals surface area contributed by atoms with Crippen molar-refractivity contribution in [2.45, 2.75) is 6.42 Å². The van der Waals surface area contributed by atoms with E-state index in [1.54, 1.807) is 24.7 Å². The monoisotopic (exact) mass is 369 g/mol. The zero-order valence-corrected chi connectivity index (χ0v) is 15.2. The molecule has 0 aliphatic rings. The molecule has 0 saturated heterocycles. The highest BCUT2D eigenvalue weighted by molar-refractivity contribution is 6.00. The summed E-state index contributed by atoms with van der Waals surface area (Å²) >= 11 is 0. The number of carbonyl (C=O) groups is 1. The molecule has 4 aromatic rings. The quantitative estimate of drug-likeness (QED) is 0.545. The van der Waals surface area contributed by atoms with E-state index in [1.807, 2.05) is 54.6 Å². The molecule has 28 heavy (non-hydrogen) atoms. The number of rotatable bonds is 6. The zero-order valence-electron chi connectivity index (χ0n) is 15.2. The SMILES string of the molecule is O=C(NCCc1ccccn1)c1cnccc1-c1cc(-c2ccccc2)[nH]n1. The van der Waals surface area contributed by atoms with Crippen LogP contribution < -0.4 is 5.32 Å². The number of amides is 1. The van der Waals surface area contributed by atoms with Crippen molar-refractivity contribution in [3.8, 4) is 22.5 Å². The number of pyridine rings is 2. The standard InChI is InChI=1S/C22H19N5O/c28-22(25-13-9-17-8-4-5-11-24-17)19-15-23-12-10-18(19)21-14-20(26-27-21)16-6-2-1-3-7-16/h1-8,10-12,14-15H,9,13H2,(H,25,28)(H,26,27). The lowest BCUT2D eigenvalue weighted by molar-refractivity contribution is 0.0954. The summed E-state index contributed by atoms with van der Waals surface area (Å²) < 4.78 is 0.